The largest absolute Gasteiger partial charge is 0.366 e. The highest BCUT2D eigenvalue weighted by Gasteiger charge is 2.56. The zero-order valence-corrected chi connectivity index (χ0v) is 21.4. The zero-order valence-electron chi connectivity index (χ0n) is 21.4. The van der Waals surface area contributed by atoms with E-state index in [1.807, 2.05) is 4.90 Å². The molecule has 3 atom stereocenters. The fourth-order valence-corrected chi connectivity index (χ4v) is 5.69. The normalized spacial score (nSPS) is 23.6. The summed E-state index contributed by atoms with van der Waals surface area (Å²) in [6, 6.07) is -0.0508. The van der Waals surface area contributed by atoms with Crippen LogP contribution >= 0.6 is 0 Å². The third kappa shape index (κ3) is 5.28. The molecular weight excluding hydrogens is 447 g/mol. The maximum Gasteiger partial charge on any atom is 0.245 e. The predicted octanol–water partition coefficient (Wildman–Crippen LogP) is 2.74. The number of carbonyl (C=O) groups is 2. The second-order valence-electron chi connectivity index (χ2n) is 11.1. The summed E-state index contributed by atoms with van der Waals surface area (Å²) >= 11 is 0. The molecule has 2 saturated heterocycles. The summed E-state index contributed by atoms with van der Waals surface area (Å²) in [5, 5.41) is 6.30. The van der Waals surface area contributed by atoms with E-state index in [0.29, 0.717) is 43.8 Å². The Morgan fingerprint density at radius 3 is 2.69 bits per heavy atom. The van der Waals surface area contributed by atoms with Gasteiger partial charge in [0.1, 0.15) is 12.0 Å². The van der Waals surface area contributed by atoms with E-state index in [-0.39, 0.29) is 24.4 Å². The number of aromatic nitrogens is 2. The molecule has 8 nitrogen and oxygen atoms in total. The molecule has 2 aliphatic heterocycles. The highest BCUT2D eigenvalue weighted by molar-refractivity contribution is 5.87. The molecule has 0 bridgehead atoms. The van der Waals surface area contributed by atoms with E-state index in [4.69, 9.17) is 9.97 Å². The number of amides is 2. The lowest BCUT2D eigenvalue weighted by molar-refractivity contribution is -0.139. The Morgan fingerprint density at radius 2 is 2.03 bits per heavy atom. The van der Waals surface area contributed by atoms with Crippen LogP contribution in [-0.4, -0.2) is 72.1 Å². The number of nitrogens with zero attached hydrogens (tertiary/aromatic N) is 4. The maximum absolute atomic E-state index is 15.2. The Balaban J connectivity index is 1.60. The van der Waals surface area contributed by atoms with Crippen molar-refractivity contribution in [3.8, 4) is 0 Å². The molecule has 2 amide bonds. The SMILES string of the molecule is C=CC(=O)N1CC2(C1)CN(c1nc3c(c(NC(CC(=O)NC)CC(C)C)n1)CCC(C)C3)CC2F. The van der Waals surface area contributed by atoms with Crippen LogP contribution in [0.25, 0.3) is 0 Å². The molecule has 1 aromatic heterocycles. The minimum Gasteiger partial charge on any atom is -0.366 e. The number of alkyl halides is 1. The van der Waals surface area contributed by atoms with Crippen LogP contribution in [0.1, 0.15) is 51.3 Å². The van der Waals surface area contributed by atoms with Crippen molar-refractivity contribution >= 4 is 23.6 Å². The average molecular weight is 487 g/mol. The molecule has 1 spiro atoms. The fourth-order valence-electron chi connectivity index (χ4n) is 5.69. The molecule has 192 valence electrons. The zero-order chi connectivity index (χ0) is 25.3. The topological polar surface area (TPSA) is 90.5 Å². The van der Waals surface area contributed by atoms with Crippen LogP contribution in [0.5, 0.6) is 0 Å². The van der Waals surface area contributed by atoms with Gasteiger partial charge in [-0.1, -0.05) is 27.4 Å². The number of carbonyl (C=O) groups excluding carboxylic acids is 2. The second kappa shape index (κ2) is 10.1. The Morgan fingerprint density at radius 1 is 1.29 bits per heavy atom. The van der Waals surface area contributed by atoms with Crippen molar-refractivity contribution in [2.45, 2.75) is 65.1 Å². The molecule has 0 saturated carbocycles. The lowest BCUT2D eigenvalue weighted by atomic mass is 9.77. The smallest absolute Gasteiger partial charge is 0.245 e. The Hall–Kier alpha value is -2.71. The summed E-state index contributed by atoms with van der Waals surface area (Å²) < 4.78 is 15.2. The number of rotatable bonds is 8. The lowest BCUT2D eigenvalue weighted by Gasteiger charge is -2.48. The summed E-state index contributed by atoms with van der Waals surface area (Å²) in [5.41, 5.74) is 1.57. The highest BCUT2D eigenvalue weighted by Crippen LogP contribution is 2.43. The van der Waals surface area contributed by atoms with Gasteiger partial charge in [0.2, 0.25) is 17.8 Å². The number of nitrogens with one attached hydrogen (secondary N) is 2. The van der Waals surface area contributed by atoms with Gasteiger partial charge in [0, 0.05) is 44.7 Å². The third-order valence-corrected chi connectivity index (χ3v) is 7.65. The van der Waals surface area contributed by atoms with Gasteiger partial charge < -0.3 is 20.4 Å². The van der Waals surface area contributed by atoms with Crippen LogP contribution in [0, 0.1) is 17.3 Å². The van der Waals surface area contributed by atoms with Gasteiger partial charge in [0.05, 0.1) is 17.7 Å². The lowest BCUT2D eigenvalue weighted by Crippen LogP contribution is -2.62. The second-order valence-corrected chi connectivity index (χ2v) is 11.1. The van der Waals surface area contributed by atoms with Crippen molar-refractivity contribution in [1.82, 2.24) is 20.2 Å². The van der Waals surface area contributed by atoms with Crippen LogP contribution < -0.4 is 15.5 Å². The number of halogens is 1. The van der Waals surface area contributed by atoms with Crippen LogP contribution in [0.15, 0.2) is 12.7 Å². The van der Waals surface area contributed by atoms with Gasteiger partial charge in [-0.15, -0.1) is 0 Å². The Bertz CT molecular complexity index is 977. The van der Waals surface area contributed by atoms with Gasteiger partial charge in [-0.25, -0.2) is 9.37 Å². The van der Waals surface area contributed by atoms with Gasteiger partial charge in [0.15, 0.2) is 0 Å². The van der Waals surface area contributed by atoms with Gasteiger partial charge >= 0.3 is 0 Å². The first-order chi connectivity index (χ1) is 16.6. The van der Waals surface area contributed by atoms with E-state index in [1.165, 1.54) is 6.08 Å². The van der Waals surface area contributed by atoms with Gasteiger partial charge in [-0.2, -0.15) is 4.98 Å². The molecule has 2 fully saturated rings. The molecule has 3 aliphatic rings. The molecule has 1 aromatic rings. The van der Waals surface area contributed by atoms with Crippen molar-refractivity contribution in [2.75, 3.05) is 43.4 Å². The standard InChI is InChI=1S/C26H39FN6O2/c1-6-23(35)33-14-26(15-33)13-32(12-21(26)27)25-30-20-10-17(4)7-8-19(20)24(31-25)29-18(9-16(2)3)11-22(34)28-5/h6,16-18,21H,1,7-15H2,2-5H3,(H,28,34)(H,29,30,31). The average Bonchev–Trinajstić information content (AvgIpc) is 3.14. The van der Waals surface area contributed by atoms with Crippen molar-refractivity contribution in [3.63, 3.8) is 0 Å². The maximum atomic E-state index is 15.2. The predicted molar refractivity (Wildman–Crippen MR) is 135 cm³/mol. The van der Waals surface area contributed by atoms with Crippen LogP contribution in [0.2, 0.25) is 0 Å². The van der Waals surface area contributed by atoms with Crippen molar-refractivity contribution < 1.29 is 14.0 Å². The number of fused-ring (bicyclic) bond motifs is 1. The number of hydrogen-bond donors (Lipinski definition) is 2. The molecule has 4 rings (SSSR count). The van der Waals surface area contributed by atoms with E-state index in [1.54, 1.807) is 11.9 Å². The monoisotopic (exact) mass is 486 g/mol. The molecule has 1 aliphatic carbocycles. The first-order valence-electron chi connectivity index (χ1n) is 12.8. The first kappa shape index (κ1) is 25.4. The highest BCUT2D eigenvalue weighted by atomic mass is 19.1. The summed E-state index contributed by atoms with van der Waals surface area (Å²) in [6.45, 7) is 11.5. The van der Waals surface area contributed by atoms with Gasteiger partial charge in [0.25, 0.3) is 0 Å². The third-order valence-electron chi connectivity index (χ3n) is 7.65. The van der Waals surface area contributed by atoms with Gasteiger partial charge in [-0.05, 0) is 43.6 Å². The Kier molecular flexibility index (Phi) is 7.33. The molecular formula is C26H39FN6O2. The van der Waals surface area contributed by atoms with E-state index >= 15 is 4.39 Å². The minimum absolute atomic E-state index is 0.00900. The van der Waals surface area contributed by atoms with E-state index in [0.717, 1.165) is 42.8 Å². The summed E-state index contributed by atoms with van der Waals surface area (Å²) in [5.74, 6) is 2.10. The van der Waals surface area contributed by atoms with Crippen molar-refractivity contribution in [2.24, 2.45) is 17.3 Å². The fraction of sp³-hybridized carbons (Fsp3) is 0.692. The molecule has 35 heavy (non-hydrogen) atoms. The summed E-state index contributed by atoms with van der Waals surface area (Å²) in [4.78, 5) is 37.5. The Labute approximate surface area is 207 Å². The van der Waals surface area contributed by atoms with Crippen molar-refractivity contribution in [3.05, 3.63) is 23.9 Å². The quantitative estimate of drug-likeness (QED) is 0.549. The number of hydrogen-bond acceptors (Lipinski definition) is 6. The number of likely N-dealkylation sites (tertiary alicyclic amines) is 1. The van der Waals surface area contributed by atoms with Crippen LogP contribution in [-0.2, 0) is 22.4 Å². The van der Waals surface area contributed by atoms with Crippen molar-refractivity contribution in [1.29, 1.82) is 0 Å². The van der Waals surface area contributed by atoms with E-state index in [9.17, 15) is 9.59 Å². The van der Waals surface area contributed by atoms with Crippen LogP contribution in [0.4, 0.5) is 16.2 Å². The molecule has 3 heterocycles. The minimum atomic E-state index is -1.05. The summed E-state index contributed by atoms with van der Waals surface area (Å²) in [7, 11) is 1.65. The van der Waals surface area contributed by atoms with Crippen LogP contribution in [0.3, 0.4) is 0 Å². The molecule has 9 heteroatoms. The molecule has 0 aromatic carbocycles. The molecule has 0 radical (unpaired) electrons. The molecule has 3 unspecified atom stereocenters. The van der Waals surface area contributed by atoms with E-state index < -0.39 is 11.6 Å². The van der Waals surface area contributed by atoms with Gasteiger partial charge in [-0.3, -0.25) is 9.59 Å². The first-order valence-corrected chi connectivity index (χ1v) is 12.8. The molecule has 2 N–H and O–H groups in total. The number of anilines is 2. The van der Waals surface area contributed by atoms with E-state index in [2.05, 4.69) is 38.0 Å². The summed E-state index contributed by atoms with van der Waals surface area (Å²) in [6.07, 6.45) is 4.27.